The van der Waals surface area contributed by atoms with Crippen molar-refractivity contribution >= 4 is 24.0 Å². The molecule has 0 unspecified atom stereocenters. The molecule has 0 saturated carbocycles. The van der Waals surface area contributed by atoms with E-state index in [-0.39, 0.29) is 18.3 Å². The summed E-state index contributed by atoms with van der Waals surface area (Å²) >= 11 is 0. The number of hydrogen-bond donors (Lipinski definition) is 1. The third kappa shape index (κ3) is 5.97. The van der Waals surface area contributed by atoms with Gasteiger partial charge in [-0.2, -0.15) is 0 Å². The Morgan fingerprint density at radius 1 is 1.00 bits per heavy atom. The maximum atomic E-state index is 11.5. The molecule has 2 heterocycles. The van der Waals surface area contributed by atoms with Gasteiger partial charge in [-0.05, 0) is 68.8 Å². The van der Waals surface area contributed by atoms with E-state index in [4.69, 9.17) is 4.74 Å². The van der Waals surface area contributed by atoms with E-state index in [1.54, 1.807) is 0 Å². The molecule has 0 radical (unpaired) electrons. The normalized spacial score (nSPS) is 17.2. The lowest BCUT2D eigenvalue weighted by atomic mass is 9.90. The largest absolute Gasteiger partial charge is 0.493 e. The maximum absolute atomic E-state index is 11.5. The maximum Gasteiger partial charge on any atom is 0.224 e. The van der Waals surface area contributed by atoms with Crippen LogP contribution in [0.2, 0.25) is 0 Å². The molecule has 4 rings (SSSR count). The van der Waals surface area contributed by atoms with E-state index in [0.29, 0.717) is 6.42 Å². The van der Waals surface area contributed by atoms with Gasteiger partial charge >= 0.3 is 0 Å². The highest BCUT2D eigenvalue weighted by Gasteiger charge is 2.20. The van der Waals surface area contributed by atoms with Crippen molar-refractivity contribution < 1.29 is 9.53 Å². The van der Waals surface area contributed by atoms with Gasteiger partial charge in [-0.1, -0.05) is 36.4 Å². The van der Waals surface area contributed by atoms with Gasteiger partial charge in [-0.3, -0.25) is 4.79 Å². The smallest absolute Gasteiger partial charge is 0.224 e. The Morgan fingerprint density at radius 2 is 1.79 bits per heavy atom. The molecule has 1 fully saturated rings. The molecule has 1 saturated heterocycles. The Labute approximate surface area is 180 Å². The first-order chi connectivity index (χ1) is 13.8. The van der Waals surface area contributed by atoms with Crippen LogP contribution >= 0.6 is 12.4 Å². The highest BCUT2D eigenvalue weighted by molar-refractivity contribution is 5.94. The van der Waals surface area contributed by atoms with Crippen LogP contribution in [0.1, 0.15) is 36.8 Å². The van der Waals surface area contributed by atoms with Crippen molar-refractivity contribution in [2.24, 2.45) is 5.92 Å². The number of rotatable bonds is 7. The molecular weight excluding hydrogens is 384 g/mol. The van der Waals surface area contributed by atoms with Gasteiger partial charge in [0.15, 0.2) is 0 Å². The van der Waals surface area contributed by atoms with Gasteiger partial charge in [0.25, 0.3) is 0 Å². The van der Waals surface area contributed by atoms with E-state index in [1.807, 2.05) is 18.2 Å². The van der Waals surface area contributed by atoms with Crippen LogP contribution in [0.15, 0.2) is 48.5 Å². The van der Waals surface area contributed by atoms with E-state index >= 15 is 0 Å². The number of halogens is 1. The molecule has 0 aliphatic carbocycles. The monoisotopic (exact) mass is 414 g/mol. The lowest BCUT2D eigenvalue weighted by Crippen LogP contribution is -2.35. The van der Waals surface area contributed by atoms with Crippen molar-refractivity contribution in [1.29, 1.82) is 0 Å². The van der Waals surface area contributed by atoms with Crippen molar-refractivity contribution in [3.63, 3.8) is 0 Å². The summed E-state index contributed by atoms with van der Waals surface area (Å²) in [5.41, 5.74) is 3.52. The molecule has 0 bridgehead atoms. The molecule has 1 amide bonds. The average molecular weight is 415 g/mol. The SMILES string of the molecule is Cl.O=C1CCc2c(cccc2OCCCN2CCC(Cc3ccccc3)CC2)N1. The van der Waals surface area contributed by atoms with Gasteiger partial charge in [-0.25, -0.2) is 0 Å². The number of carbonyl (C=O) groups excluding carboxylic acids is 1. The van der Waals surface area contributed by atoms with E-state index in [9.17, 15) is 4.79 Å². The molecular formula is C24H31ClN2O2. The van der Waals surface area contributed by atoms with Crippen LogP contribution in [-0.2, 0) is 17.6 Å². The predicted octanol–water partition coefficient (Wildman–Crippen LogP) is 4.72. The van der Waals surface area contributed by atoms with Crippen LogP contribution in [-0.4, -0.2) is 37.0 Å². The number of fused-ring (bicyclic) bond motifs is 1. The molecule has 2 aromatic carbocycles. The molecule has 1 N–H and O–H groups in total. The first-order valence-corrected chi connectivity index (χ1v) is 10.6. The summed E-state index contributed by atoms with van der Waals surface area (Å²) in [5.74, 6) is 1.85. The molecule has 0 atom stereocenters. The molecule has 0 aromatic heterocycles. The summed E-state index contributed by atoms with van der Waals surface area (Å²) in [6.45, 7) is 4.23. The first kappa shape index (κ1) is 21.7. The van der Waals surface area contributed by atoms with Crippen molar-refractivity contribution in [2.45, 2.75) is 38.5 Å². The Hall–Kier alpha value is -2.04. The van der Waals surface area contributed by atoms with E-state index in [2.05, 4.69) is 40.5 Å². The number of ether oxygens (including phenoxy) is 1. The molecule has 2 aromatic rings. The number of nitrogens with one attached hydrogen (secondary N) is 1. The summed E-state index contributed by atoms with van der Waals surface area (Å²) in [4.78, 5) is 14.1. The number of benzene rings is 2. The number of carbonyl (C=O) groups is 1. The second kappa shape index (κ2) is 10.7. The lowest BCUT2D eigenvalue weighted by molar-refractivity contribution is -0.116. The topological polar surface area (TPSA) is 41.6 Å². The predicted molar refractivity (Wildman–Crippen MR) is 120 cm³/mol. The number of amides is 1. The van der Waals surface area contributed by atoms with Gasteiger partial charge in [0.05, 0.1) is 6.61 Å². The van der Waals surface area contributed by atoms with Crippen LogP contribution in [0, 0.1) is 5.92 Å². The van der Waals surface area contributed by atoms with E-state index in [0.717, 1.165) is 48.9 Å². The molecule has 0 spiro atoms. The van der Waals surface area contributed by atoms with Gasteiger partial charge in [0.1, 0.15) is 5.75 Å². The third-order valence-corrected chi connectivity index (χ3v) is 5.96. The van der Waals surface area contributed by atoms with Crippen molar-refractivity contribution in [3.8, 4) is 5.75 Å². The van der Waals surface area contributed by atoms with Crippen LogP contribution < -0.4 is 10.1 Å². The van der Waals surface area contributed by atoms with Crippen LogP contribution in [0.3, 0.4) is 0 Å². The van der Waals surface area contributed by atoms with E-state index < -0.39 is 0 Å². The number of likely N-dealkylation sites (tertiary alicyclic amines) is 1. The minimum atomic E-state index is 0. The molecule has 5 heteroatoms. The van der Waals surface area contributed by atoms with Crippen molar-refractivity contribution in [3.05, 3.63) is 59.7 Å². The number of nitrogens with zero attached hydrogens (tertiary/aromatic N) is 1. The zero-order valence-electron chi connectivity index (χ0n) is 16.9. The Kier molecular flexibility index (Phi) is 7.96. The molecule has 4 nitrogen and oxygen atoms in total. The number of anilines is 1. The van der Waals surface area contributed by atoms with Crippen LogP contribution in [0.25, 0.3) is 0 Å². The molecule has 2 aliphatic rings. The van der Waals surface area contributed by atoms with Crippen LogP contribution in [0.5, 0.6) is 5.75 Å². The van der Waals surface area contributed by atoms with Crippen LogP contribution in [0.4, 0.5) is 5.69 Å². The standard InChI is InChI=1S/C24H30N2O2.ClH/c27-24-11-10-21-22(25-24)8-4-9-23(21)28-17-5-14-26-15-12-20(13-16-26)18-19-6-2-1-3-7-19;/h1-4,6-9,20H,5,10-18H2,(H,25,27);1H. The Balaban J connectivity index is 0.00000240. The minimum Gasteiger partial charge on any atom is -0.493 e. The summed E-state index contributed by atoms with van der Waals surface area (Å²) in [6, 6.07) is 16.8. The third-order valence-electron chi connectivity index (χ3n) is 5.96. The fourth-order valence-corrected chi connectivity index (χ4v) is 4.36. The summed E-state index contributed by atoms with van der Waals surface area (Å²) in [5, 5.41) is 2.94. The molecule has 2 aliphatic heterocycles. The van der Waals surface area contributed by atoms with E-state index in [1.165, 1.54) is 37.9 Å². The Bertz CT molecular complexity index is 789. The average Bonchev–Trinajstić information content (AvgIpc) is 2.73. The molecule has 156 valence electrons. The van der Waals surface area contributed by atoms with Gasteiger partial charge in [0.2, 0.25) is 5.91 Å². The zero-order chi connectivity index (χ0) is 19.2. The first-order valence-electron chi connectivity index (χ1n) is 10.6. The van der Waals surface area contributed by atoms with Crippen molar-refractivity contribution in [1.82, 2.24) is 4.90 Å². The lowest BCUT2D eigenvalue weighted by Gasteiger charge is -2.32. The highest BCUT2D eigenvalue weighted by Crippen LogP contribution is 2.31. The Morgan fingerprint density at radius 3 is 2.59 bits per heavy atom. The van der Waals surface area contributed by atoms with Gasteiger partial charge in [0, 0.05) is 24.2 Å². The molecule has 29 heavy (non-hydrogen) atoms. The van der Waals surface area contributed by atoms with Crippen molar-refractivity contribution in [2.75, 3.05) is 31.6 Å². The highest BCUT2D eigenvalue weighted by atomic mass is 35.5. The van der Waals surface area contributed by atoms with Gasteiger partial charge in [-0.15, -0.1) is 12.4 Å². The summed E-state index contributed by atoms with van der Waals surface area (Å²) in [7, 11) is 0. The fourth-order valence-electron chi connectivity index (χ4n) is 4.36. The zero-order valence-corrected chi connectivity index (χ0v) is 17.8. The second-order valence-electron chi connectivity index (χ2n) is 8.01. The quantitative estimate of drug-likeness (QED) is 0.666. The number of piperidine rings is 1. The summed E-state index contributed by atoms with van der Waals surface area (Å²) < 4.78 is 6.05. The second-order valence-corrected chi connectivity index (χ2v) is 8.01. The number of hydrogen-bond acceptors (Lipinski definition) is 3. The fraction of sp³-hybridized carbons (Fsp3) is 0.458. The summed E-state index contributed by atoms with van der Waals surface area (Å²) in [6.07, 6.45) is 6.16. The van der Waals surface area contributed by atoms with Gasteiger partial charge < -0.3 is 15.0 Å². The minimum absolute atomic E-state index is 0.